The summed E-state index contributed by atoms with van der Waals surface area (Å²) in [6.07, 6.45) is 1.84. The van der Waals surface area contributed by atoms with Crippen molar-refractivity contribution in [2.45, 2.75) is 25.9 Å². The number of halogens is 2. The van der Waals surface area contributed by atoms with Crippen LogP contribution >= 0.6 is 24.8 Å². The number of hydrogen-bond acceptors (Lipinski definition) is 4. The molecule has 0 amide bonds. The molecule has 0 aliphatic carbocycles. The quantitative estimate of drug-likeness (QED) is 0.719. The second-order valence-electron chi connectivity index (χ2n) is 5.71. The minimum atomic E-state index is -0.370. The molecule has 1 aliphatic heterocycles. The number of anilines is 1. The van der Waals surface area contributed by atoms with Gasteiger partial charge in [0.2, 0.25) is 0 Å². The lowest BCUT2D eigenvalue weighted by atomic mass is 10.2. The summed E-state index contributed by atoms with van der Waals surface area (Å²) in [6, 6.07) is 10.5. The second-order valence-corrected chi connectivity index (χ2v) is 5.71. The third kappa shape index (κ3) is 8.23. The topological polar surface area (TPSA) is 35.9 Å². The molecule has 1 unspecified atom stereocenters. The Labute approximate surface area is 152 Å². The van der Waals surface area contributed by atoms with Gasteiger partial charge in [-0.2, -0.15) is 0 Å². The summed E-state index contributed by atoms with van der Waals surface area (Å²) in [5.41, 5.74) is 1.29. The Bertz CT molecular complexity index is 387. The van der Waals surface area contributed by atoms with Gasteiger partial charge in [-0.05, 0) is 18.6 Å². The van der Waals surface area contributed by atoms with Crippen LogP contribution in [0.15, 0.2) is 30.3 Å². The summed E-state index contributed by atoms with van der Waals surface area (Å²) in [5.74, 6) is 0. The number of aliphatic hydroxyl groups excluding tert-OH is 1. The van der Waals surface area contributed by atoms with Crippen LogP contribution < -0.4 is 4.90 Å². The Balaban J connectivity index is 0.00000242. The molecule has 6 heteroatoms. The zero-order valence-corrected chi connectivity index (χ0v) is 15.5. The lowest BCUT2D eigenvalue weighted by Crippen LogP contribution is -2.49. The van der Waals surface area contributed by atoms with E-state index in [0.29, 0.717) is 6.61 Å². The lowest BCUT2D eigenvalue weighted by Gasteiger charge is -2.36. The zero-order valence-electron chi connectivity index (χ0n) is 13.9. The fraction of sp³-hybridized carbons (Fsp3) is 0.647. The highest BCUT2D eigenvalue weighted by molar-refractivity contribution is 5.85. The molecule has 1 aliphatic rings. The van der Waals surface area contributed by atoms with E-state index in [0.717, 1.165) is 52.2 Å². The summed E-state index contributed by atoms with van der Waals surface area (Å²) in [5, 5.41) is 10.0. The van der Waals surface area contributed by atoms with E-state index in [9.17, 15) is 5.11 Å². The first-order chi connectivity index (χ1) is 10.3. The maximum Gasteiger partial charge on any atom is 0.0900 e. The maximum absolute atomic E-state index is 10.0. The Hall–Kier alpha value is -0.520. The first-order valence-electron chi connectivity index (χ1n) is 8.07. The molecule has 4 nitrogen and oxygen atoms in total. The average Bonchev–Trinajstić information content (AvgIpc) is 2.53. The number of aliphatic hydroxyl groups is 1. The van der Waals surface area contributed by atoms with Crippen molar-refractivity contribution in [3.8, 4) is 0 Å². The van der Waals surface area contributed by atoms with Crippen molar-refractivity contribution < 1.29 is 9.84 Å². The van der Waals surface area contributed by atoms with Crippen LogP contribution in [-0.2, 0) is 4.74 Å². The van der Waals surface area contributed by atoms with E-state index in [-0.39, 0.29) is 30.9 Å². The van der Waals surface area contributed by atoms with Gasteiger partial charge in [0.15, 0.2) is 0 Å². The molecule has 1 fully saturated rings. The average molecular weight is 365 g/mol. The summed E-state index contributed by atoms with van der Waals surface area (Å²) < 4.78 is 5.48. The van der Waals surface area contributed by atoms with E-state index >= 15 is 0 Å². The number of ether oxygens (including phenoxy) is 1. The van der Waals surface area contributed by atoms with Gasteiger partial charge < -0.3 is 14.7 Å². The van der Waals surface area contributed by atoms with Crippen molar-refractivity contribution in [1.82, 2.24) is 4.90 Å². The minimum absolute atomic E-state index is 0. The molecule has 0 radical (unpaired) electrons. The van der Waals surface area contributed by atoms with E-state index in [1.54, 1.807) is 0 Å². The van der Waals surface area contributed by atoms with Gasteiger partial charge in [0.25, 0.3) is 0 Å². The lowest BCUT2D eigenvalue weighted by molar-refractivity contribution is 0.0150. The number of para-hydroxylation sites is 1. The molecule has 0 saturated carbocycles. The Morgan fingerprint density at radius 3 is 2.35 bits per heavy atom. The molecule has 0 spiro atoms. The van der Waals surface area contributed by atoms with Crippen molar-refractivity contribution in [1.29, 1.82) is 0 Å². The third-order valence-corrected chi connectivity index (χ3v) is 3.92. The molecule has 1 N–H and O–H groups in total. The van der Waals surface area contributed by atoms with E-state index in [4.69, 9.17) is 4.74 Å². The van der Waals surface area contributed by atoms with Crippen LogP contribution in [0.4, 0.5) is 5.69 Å². The summed E-state index contributed by atoms with van der Waals surface area (Å²) in [7, 11) is 0. The van der Waals surface area contributed by atoms with Crippen molar-refractivity contribution in [3.63, 3.8) is 0 Å². The molecular formula is C17H30Cl2N2O2. The molecule has 23 heavy (non-hydrogen) atoms. The minimum Gasteiger partial charge on any atom is -0.389 e. The summed E-state index contributed by atoms with van der Waals surface area (Å²) in [4.78, 5) is 4.73. The highest BCUT2D eigenvalue weighted by Crippen LogP contribution is 2.15. The molecule has 1 aromatic rings. The predicted molar refractivity (Wildman–Crippen MR) is 101 cm³/mol. The first kappa shape index (κ1) is 22.5. The number of hydrogen-bond donors (Lipinski definition) is 1. The van der Waals surface area contributed by atoms with Crippen LogP contribution in [0, 0.1) is 0 Å². The maximum atomic E-state index is 10.0. The fourth-order valence-electron chi connectivity index (χ4n) is 2.64. The van der Waals surface area contributed by atoms with E-state index in [1.807, 2.05) is 0 Å². The zero-order chi connectivity index (χ0) is 14.9. The van der Waals surface area contributed by atoms with Gasteiger partial charge in [-0.15, -0.1) is 24.8 Å². The molecule has 134 valence electrons. The Morgan fingerprint density at radius 2 is 1.74 bits per heavy atom. The van der Waals surface area contributed by atoms with Crippen molar-refractivity contribution in [3.05, 3.63) is 30.3 Å². The summed E-state index contributed by atoms with van der Waals surface area (Å²) >= 11 is 0. The second kappa shape index (κ2) is 12.8. The SMILES string of the molecule is CCCCOCC(O)CN1CCN(c2ccccc2)CC1.Cl.Cl. The Morgan fingerprint density at radius 1 is 1.09 bits per heavy atom. The first-order valence-corrected chi connectivity index (χ1v) is 8.07. The van der Waals surface area contributed by atoms with Crippen molar-refractivity contribution >= 4 is 30.5 Å². The van der Waals surface area contributed by atoms with Crippen LogP contribution in [-0.4, -0.2) is 62.0 Å². The van der Waals surface area contributed by atoms with Crippen LogP contribution in [0.25, 0.3) is 0 Å². The van der Waals surface area contributed by atoms with E-state index in [2.05, 4.69) is 47.1 Å². The largest absolute Gasteiger partial charge is 0.389 e. The van der Waals surface area contributed by atoms with Gasteiger partial charge in [0, 0.05) is 45.0 Å². The van der Waals surface area contributed by atoms with Crippen LogP contribution in [0.5, 0.6) is 0 Å². The summed E-state index contributed by atoms with van der Waals surface area (Å²) in [6.45, 7) is 8.12. The molecule has 1 heterocycles. The Kier molecular flexibility index (Phi) is 12.6. The molecule has 1 atom stereocenters. The van der Waals surface area contributed by atoms with Gasteiger partial charge in [-0.1, -0.05) is 31.5 Å². The number of piperazine rings is 1. The smallest absolute Gasteiger partial charge is 0.0900 e. The number of rotatable bonds is 8. The molecule has 0 aromatic heterocycles. The van der Waals surface area contributed by atoms with Crippen molar-refractivity contribution in [2.75, 3.05) is 50.8 Å². The van der Waals surface area contributed by atoms with E-state index in [1.165, 1.54) is 5.69 Å². The van der Waals surface area contributed by atoms with E-state index < -0.39 is 0 Å². The van der Waals surface area contributed by atoms with Gasteiger partial charge in [-0.25, -0.2) is 0 Å². The number of nitrogens with zero attached hydrogens (tertiary/aromatic N) is 2. The van der Waals surface area contributed by atoms with Crippen LogP contribution in [0.1, 0.15) is 19.8 Å². The highest BCUT2D eigenvalue weighted by atomic mass is 35.5. The highest BCUT2D eigenvalue weighted by Gasteiger charge is 2.19. The molecule has 0 bridgehead atoms. The predicted octanol–water partition coefficient (Wildman–Crippen LogP) is 2.83. The number of β-amino-alcohol motifs (C(OH)–C–C–N with tert-alkyl or cyclic N) is 1. The fourth-order valence-corrected chi connectivity index (χ4v) is 2.64. The monoisotopic (exact) mass is 364 g/mol. The van der Waals surface area contributed by atoms with Crippen LogP contribution in [0.2, 0.25) is 0 Å². The van der Waals surface area contributed by atoms with Gasteiger partial charge >= 0.3 is 0 Å². The van der Waals surface area contributed by atoms with Gasteiger partial charge in [0.05, 0.1) is 12.7 Å². The number of benzene rings is 1. The standard InChI is InChI=1S/C17H28N2O2.2ClH/c1-2-3-13-21-15-17(20)14-18-9-11-19(12-10-18)16-7-5-4-6-8-16;;/h4-8,17,20H,2-3,9-15H2,1H3;2*1H. The molecule has 2 rings (SSSR count). The van der Waals surface area contributed by atoms with Crippen LogP contribution in [0.3, 0.4) is 0 Å². The third-order valence-electron chi connectivity index (χ3n) is 3.92. The molecule has 1 saturated heterocycles. The van der Waals surface area contributed by atoms with Gasteiger partial charge in [-0.3, -0.25) is 4.90 Å². The normalized spacial score (nSPS) is 16.3. The molecular weight excluding hydrogens is 335 g/mol. The van der Waals surface area contributed by atoms with Crippen molar-refractivity contribution in [2.24, 2.45) is 0 Å². The molecule has 1 aromatic carbocycles. The number of unbranched alkanes of at least 4 members (excludes halogenated alkanes) is 1. The van der Waals surface area contributed by atoms with Gasteiger partial charge in [0.1, 0.15) is 0 Å².